The Morgan fingerprint density at radius 3 is 2.68 bits per heavy atom. The molecule has 0 bridgehead atoms. The van der Waals surface area contributed by atoms with Crippen LogP contribution in [0.1, 0.15) is 42.9 Å². The molecule has 0 unspecified atom stereocenters. The molecule has 0 aromatic carbocycles. The summed E-state index contributed by atoms with van der Waals surface area (Å²) in [5, 5.41) is 0. The predicted molar refractivity (Wildman–Crippen MR) is 104 cm³/mol. The number of aryl methyl sites for hydroxylation is 1. The van der Waals surface area contributed by atoms with E-state index in [2.05, 4.69) is 25.9 Å². The highest BCUT2D eigenvalue weighted by Gasteiger charge is 2.39. The van der Waals surface area contributed by atoms with Gasteiger partial charge in [-0.1, -0.05) is 6.07 Å². The zero-order valence-electron chi connectivity index (χ0n) is 16.1. The molecule has 0 N–H and O–H groups in total. The Kier molecular flexibility index (Phi) is 4.37. The number of hydrogen-bond acceptors (Lipinski definition) is 6. The number of hydrogen-bond donors (Lipinski definition) is 0. The van der Waals surface area contributed by atoms with Gasteiger partial charge in [0.05, 0.1) is 30.7 Å². The first-order valence-corrected chi connectivity index (χ1v) is 10.1. The van der Waals surface area contributed by atoms with Gasteiger partial charge in [0.25, 0.3) is 0 Å². The molecule has 3 fully saturated rings. The van der Waals surface area contributed by atoms with Crippen molar-refractivity contribution in [2.24, 2.45) is 0 Å². The fourth-order valence-electron chi connectivity index (χ4n) is 4.16. The van der Waals surface area contributed by atoms with Crippen molar-refractivity contribution in [1.29, 1.82) is 0 Å². The lowest BCUT2D eigenvalue weighted by molar-refractivity contribution is -0.131. The van der Waals surface area contributed by atoms with Crippen molar-refractivity contribution in [2.45, 2.75) is 50.7 Å². The van der Waals surface area contributed by atoms with E-state index in [9.17, 15) is 4.79 Å². The lowest BCUT2D eigenvalue weighted by Gasteiger charge is -2.26. The highest BCUT2D eigenvalue weighted by Crippen LogP contribution is 2.38. The van der Waals surface area contributed by atoms with Crippen LogP contribution < -0.4 is 9.64 Å². The van der Waals surface area contributed by atoms with Crippen molar-refractivity contribution in [3.8, 4) is 5.88 Å². The Bertz CT molecular complexity index is 850. The van der Waals surface area contributed by atoms with E-state index in [1.807, 2.05) is 30.3 Å². The van der Waals surface area contributed by atoms with E-state index in [1.54, 1.807) is 6.20 Å². The van der Waals surface area contributed by atoms with Gasteiger partial charge in [0.15, 0.2) is 0 Å². The van der Waals surface area contributed by atoms with Gasteiger partial charge in [0.1, 0.15) is 11.9 Å². The molecule has 7 nitrogen and oxygen atoms in total. The molecule has 146 valence electrons. The zero-order valence-corrected chi connectivity index (χ0v) is 16.1. The quantitative estimate of drug-likeness (QED) is 0.812. The summed E-state index contributed by atoms with van der Waals surface area (Å²) in [6, 6.07) is 4.24. The third-order valence-corrected chi connectivity index (χ3v) is 5.87. The molecule has 1 amide bonds. The minimum Gasteiger partial charge on any atom is -0.471 e. The van der Waals surface area contributed by atoms with Crippen molar-refractivity contribution in [2.75, 3.05) is 24.5 Å². The van der Waals surface area contributed by atoms with E-state index in [0.29, 0.717) is 31.3 Å². The number of aromatic nitrogens is 3. The molecule has 0 radical (unpaired) electrons. The number of anilines is 1. The topological polar surface area (TPSA) is 71.5 Å². The average molecular weight is 379 g/mol. The number of carbonyl (C=O) groups is 1. The van der Waals surface area contributed by atoms with Crippen molar-refractivity contribution < 1.29 is 9.53 Å². The summed E-state index contributed by atoms with van der Waals surface area (Å²) in [6.45, 7) is 4.14. The second-order valence-electron chi connectivity index (χ2n) is 8.12. The van der Waals surface area contributed by atoms with E-state index >= 15 is 0 Å². The molecule has 4 heterocycles. The van der Waals surface area contributed by atoms with Crippen LogP contribution in [-0.2, 0) is 4.79 Å². The first kappa shape index (κ1) is 17.4. The van der Waals surface area contributed by atoms with Crippen LogP contribution in [0.3, 0.4) is 0 Å². The third-order valence-electron chi connectivity index (χ3n) is 5.87. The Hall–Kier alpha value is -2.70. The molecular weight excluding hydrogens is 354 g/mol. The van der Waals surface area contributed by atoms with Crippen LogP contribution in [0.15, 0.2) is 30.7 Å². The van der Waals surface area contributed by atoms with E-state index in [0.717, 1.165) is 30.0 Å². The van der Waals surface area contributed by atoms with Gasteiger partial charge in [-0.15, -0.1) is 0 Å². The monoisotopic (exact) mass is 379 g/mol. The first-order valence-electron chi connectivity index (χ1n) is 10.1. The molecule has 1 aliphatic carbocycles. The SMILES string of the molecule is Cc1ccc(N2CCC(=O)N3C[C@H](Oc4cnc(C5CC5)cn4)C[C@@H]3C2)nc1. The second kappa shape index (κ2) is 7.04. The van der Waals surface area contributed by atoms with Crippen molar-refractivity contribution >= 4 is 11.7 Å². The highest BCUT2D eigenvalue weighted by atomic mass is 16.5. The van der Waals surface area contributed by atoms with Crippen molar-refractivity contribution in [3.63, 3.8) is 0 Å². The largest absolute Gasteiger partial charge is 0.471 e. The van der Waals surface area contributed by atoms with Gasteiger partial charge in [-0.05, 0) is 31.4 Å². The molecule has 28 heavy (non-hydrogen) atoms. The van der Waals surface area contributed by atoms with Crippen LogP contribution in [0.25, 0.3) is 0 Å². The Labute approximate surface area is 164 Å². The minimum atomic E-state index is -0.0408. The second-order valence-corrected chi connectivity index (χ2v) is 8.12. The van der Waals surface area contributed by atoms with Gasteiger partial charge in [0.2, 0.25) is 11.8 Å². The average Bonchev–Trinajstić information content (AvgIpc) is 3.49. The van der Waals surface area contributed by atoms with Gasteiger partial charge in [-0.3, -0.25) is 9.78 Å². The smallest absolute Gasteiger partial charge is 0.232 e. The lowest BCUT2D eigenvalue weighted by Crippen LogP contribution is -2.38. The maximum atomic E-state index is 12.6. The number of ether oxygens (including phenoxy) is 1. The molecule has 2 saturated heterocycles. The van der Waals surface area contributed by atoms with Crippen LogP contribution >= 0.6 is 0 Å². The van der Waals surface area contributed by atoms with Crippen molar-refractivity contribution in [3.05, 3.63) is 42.0 Å². The van der Waals surface area contributed by atoms with E-state index < -0.39 is 0 Å². The molecule has 2 atom stereocenters. The van der Waals surface area contributed by atoms with Crippen LogP contribution in [-0.4, -0.2) is 57.5 Å². The maximum Gasteiger partial charge on any atom is 0.232 e. The number of carbonyl (C=O) groups excluding carboxylic acids is 1. The van der Waals surface area contributed by atoms with E-state index in [4.69, 9.17) is 4.74 Å². The maximum absolute atomic E-state index is 12.6. The summed E-state index contributed by atoms with van der Waals surface area (Å²) in [5.41, 5.74) is 2.20. The van der Waals surface area contributed by atoms with Gasteiger partial charge in [0, 0.05) is 38.0 Å². The Morgan fingerprint density at radius 2 is 1.96 bits per heavy atom. The molecule has 2 aromatic rings. The number of pyridine rings is 1. The number of amides is 1. The molecule has 0 spiro atoms. The van der Waals surface area contributed by atoms with E-state index in [1.165, 1.54) is 12.8 Å². The van der Waals surface area contributed by atoms with Gasteiger partial charge in [-0.25, -0.2) is 9.97 Å². The number of nitrogens with zero attached hydrogens (tertiary/aromatic N) is 5. The van der Waals surface area contributed by atoms with Crippen LogP contribution in [0.2, 0.25) is 0 Å². The van der Waals surface area contributed by atoms with Crippen LogP contribution in [0, 0.1) is 6.92 Å². The summed E-state index contributed by atoms with van der Waals surface area (Å²) in [7, 11) is 0. The van der Waals surface area contributed by atoms with Gasteiger partial charge < -0.3 is 14.5 Å². The summed E-state index contributed by atoms with van der Waals surface area (Å²) in [5.74, 6) is 2.27. The molecule has 5 rings (SSSR count). The zero-order chi connectivity index (χ0) is 19.1. The standard InChI is InChI=1S/C21H25N5O2/c1-14-2-5-19(23-9-14)25-7-6-21(27)26-13-17(8-16(26)12-25)28-20-11-22-18(10-24-20)15-3-4-15/h2,5,9-11,15-17H,3-4,6-8,12-13H2,1H3/t16-,17-/m1/s1. The van der Waals surface area contributed by atoms with Gasteiger partial charge >= 0.3 is 0 Å². The highest BCUT2D eigenvalue weighted by molar-refractivity contribution is 5.78. The van der Waals surface area contributed by atoms with Crippen LogP contribution in [0.5, 0.6) is 5.88 Å². The normalized spacial score (nSPS) is 24.8. The summed E-state index contributed by atoms with van der Waals surface area (Å²) in [6.07, 6.45) is 9.13. The molecule has 2 aliphatic heterocycles. The fraction of sp³-hybridized carbons (Fsp3) is 0.524. The first-order chi connectivity index (χ1) is 13.7. The molecule has 7 heteroatoms. The minimum absolute atomic E-state index is 0.0408. The number of fused-ring (bicyclic) bond motifs is 1. The Balaban J connectivity index is 1.26. The predicted octanol–water partition coefficient (Wildman–Crippen LogP) is 2.32. The lowest BCUT2D eigenvalue weighted by atomic mass is 10.2. The molecule has 3 aliphatic rings. The van der Waals surface area contributed by atoms with Crippen LogP contribution in [0.4, 0.5) is 5.82 Å². The van der Waals surface area contributed by atoms with Crippen molar-refractivity contribution in [1.82, 2.24) is 19.9 Å². The van der Waals surface area contributed by atoms with E-state index in [-0.39, 0.29) is 18.1 Å². The number of rotatable bonds is 4. The summed E-state index contributed by atoms with van der Waals surface area (Å²) in [4.78, 5) is 30.3. The summed E-state index contributed by atoms with van der Waals surface area (Å²) >= 11 is 0. The molecule has 1 saturated carbocycles. The molecule has 2 aromatic heterocycles. The van der Waals surface area contributed by atoms with Gasteiger partial charge in [-0.2, -0.15) is 0 Å². The third kappa shape index (κ3) is 3.53. The fourth-order valence-corrected chi connectivity index (χ4v) is 4.16. The summed E-state index contributed by atoms with van der Waals surface area (Å²) < 4.78 is 6.07. The Morgan fingerprint density at radius 1 is 1.07 bits per heavy atom. The molecular formula is C21H25N5O2.